The summed E-state index contributed by atoms with van der Waals surface area (Å²) in [5.41, 5.74) is 0.974. The highest BCUT2D eigenvalue weighted by atomic mass is 79.9. The second-order valence-electron chi connectivity index (χ2n) is 3.42. The van der Waals surface area contributed by atoms with Gasteiger partial charge in [-0.3, -0.25) is 10.1 Å². The van der Waals surface area contributed by atoms with Gasteiger partial charge in [0.15, 0.2) is 0 Å². The Hall–Kier alpha value is -0.750. The molecule has 1 rings (SSSR count). The van der Waals surface area contributed by atoms with E-state index in [1.165, 1.54) is 12.1 Å². The molecule has 0 aliphatic carbocycles. The van der Waals surface area contributed by atoms with Crippen LogP contribution in [-0.4, -0.2) is 23.0 Å². The first-order valence-corrected chi connectivity index (χ1v) is 6.92. The van der Waals surface area contributed by atoms with Gasteiger partial charge in [-0.2, -0.15) is 11.8 Å². The zero-order chi connectivity index (χ0) is 12.1. The SMILES string of the molecule is CSCC(C)Nc1ccc([N+](=O)[O-])cc1Br. The monoisotopic (exact) mass is 304 g/mol. The van der Waals surface area contributed by atoms with E-state index in [0.29, 0.717) is 6.04 Å². The quantitative estimate of drug-likeness (QED) is 0.668. The van der Waals surface area contributed by atoms with E-state index < -0.39 is 4.92 Å². The summed E-state index contributed by atoms with van der Waals surface area (Å²) < 4.78 is 0.717. The van der Waals surface area contributed by atoms with E-state index >= 15 is 0 Å². The Morgan fingerprint density at radius 1 is 1.62 bits per heavy atom. The van der Waals surface area contributed by atoms with E-state index in [2.05, 4.69) is 28.2 Å². The van der Waals surface area contributed by atoms with Crippen molar-refractivity contribution in [3.8, 4) is 0 Å². The van der Waals surface area contributed by atoms with Gasteiger partial charge >= 0.3 is 0 Å². The number of benzene rings is 1. The van der Waals surface area contributed by atoms with Gasteiger partial charge in [0.05, 0.1) is 4.92 Å². The van der Waals surface area contributed by atoms with E-state index in [-0.39, 0.29) is 5.69 Å². The average Bonchev–Trinajstić information content (AvgIpc) is 2.21. The van der Waals surface area contributed by atoms with Crippen molar-refractivity contribution >= 4 is 39.1 Å². The maximum Gasteiger partial charge on any atom is 0.270 e. The van der Waals surface area contributed by atoms with Crippen molar-refractivity contribution in [2.24, 2.45) is 0 Å². The van der Waals surface area contributed by atoms with Crippen molar-refractivity contribution in [2.45, 2.75) is 13.0 Å². The van der Waals surface area contributed by atoms with E-state index in [0.717, 1.165) is 15.9 Å². The van der Waals surface area contributed by atoms with E-state index in [1.807, 2.05) is 6.26 Å². The van der Waals surface area contributed by atoms with Gasteiger partial charge in [0.1, 0.15) is 0 Å². The first-order chi connectivity index (χ1) is 7.54. The van der Waals surface area contributed by atoms with Crippen LogP contribution in [0.25, 0.3) is 0 Å². The zero-order valence-electron chi connectivity index (χ0n) is 9.07. The van der Waals surface area contributed by atoms with Gasteiger partial charge in [0.25, 0.3) is 5.69 Å². The first kappa shape index (κ1) is 13.3. The number of nitro benzene ring substituents is 1. The highest BCUT2D eigenvalue weighted by Gasteiger charge is 2.10. The molecule has 0 aromatic heterocycles. The Morgan fingerprint density at radius 3 is 2.81 bits per heavy atom. The van der Waals surface area contributed by atoms with Gasteiger partial charge in [-0.15, -0.1) is 0 Å². The molecular weight excluding hydrogens is 292 g/mol. The highest BCUT2D eigenvalue weighted by molar-refractivity contribution is 9.10. The molecular formula is C10H13BrN2O2S. The normalized spacial score (nSPS) is 12.2. The molecule has 6 heteroatoms. The molecule has 0 saturated carbocycles. The lowest BCUT2D eigenvalue weighted by molar-refractivity contribution is -0.384. The molecule has 88 valence electrons. The standard InChI is InChI=1S/C10H13BrN2O2S/c1-7(6-16-2)12-10-4-3-8(13(14)15)5-9(10)11/h3-5,7,12H,6H2,1-2H3. The molecule has 1 atom stereocenters. The molecule has 0 bridgehead atoms. The number of non-ortho nitro benzene ring substituents is 1. The van der Waals surface area contributed by atoms with Crippen LogP contribution in [0, 0.1) is 10.1 Å². The largest absolute Gasteiger partial charge is 0.381 e. The fraction of sp³-hybridized carbons (Fsp3) is 0.400. The van der Waals surface area contributed by atoms with E-state index in [9.17, 15) is 10.1 Å². The van der Waals surface area contributed by atoms with Crippen molar-refractivity contribution in [2.75, 3.05) is 17.3 Å². The molecule has 0 aliphatic rings. The first-order valence-electron chi connectivity index (χ1n) is 4.74. The molecule has 0 heterocycles. The number of thioether (sulfide) groups is 1. The average molecular weight is 305 g/mol. The summed E-state index contributed by atoms with van der Waals surface area (Å²) in [6.45, 7) is 2.07. The molecule has 0 spiro atoms. The fourth-order valence-corrected chi connectivity index (χ4v) is 2.36. The Labute approximate surface area is 107 Å². The summed E-state index contributed by atoms with van der Waals surface area (Å²) >= 11 is 5.08. The number of anilines is 1. The third-order valence-electron chi connectivity index (χ3n) is 1.98. The minimum atomic E-state index is -0.403. The lowest BCUT2D eigenvalue weighted by Crippen LogP contribution is -2.17. The molecule has 1 unspecified atom stereocenters. The van der Waals surface area contributed by atoms with Crippen molar-refractivity contribution < 1.29 is 4.92 Å². The van der Waals surface area contributed by atoms with Crippen LogP contribution in [0.15, 0.2) is 22.7 Å². The van der Waals surface area contributed by atoms with E-state index in [4.69, 9.17) is 0 Å². The second kappa shape index (κ2) is 6.10. The predicted molar refractivity (Wildman–Crippen MR) is 72.3 cm³/mol. The minimum Gasteiger partial charge on any atom is -0.381 e. The number of nitrogens with zero attached hydrogens (tertiary/aromatic N) is 1. The topological polar surface area (TPSA) is 55.2 Å². The second-order valence-corrected chi connectivity index (χ2v) is 5.19. The van der Waals surface area contributed by atoms with Crippen LogP contribution >= 0.6 is 27.7 Å². The third-order valence-corrected chi connectivity index (χ3v) is 3.47. The minimum absolute atomic E-state index is 0.0925. The Morgan fingerprint density at radius 2 is 2.31 bits per heavy atom. The number of nitrogens with one attached hydrogen (secondary N) is 1. The number of rotatable bonds is 5. The van der Waals surface area contributed by atoms with Crippen molar-refractivity contribution in [3.63, 3.8) is 0 Å². The molecule has 0 saturated heterocycles. The van der Waals surface area contributed by atoms with Crippen LogP contribution < -0.4 is 5.32 Å². The third kappa shape index (κ3) is 3.68. The van der Waals surface area contributed by atoms with Gasteiger partial charge in [-0.1, -0.05) is 0 Å². The number of hydrogen-bond acceptors (Lipinski definition) is 4. The highest BCUT2D eigenvalue weighted by Crippen LogP contribution is 2.27. The molecule has 0 fully saturated rings. The zero-order valence-corrected chi connectivity index (χ0v) is 11.5. The predicted octanol–water partition coefficient (Wildman–Crippen LogP) is 3.52. The molecule has 0 amide bonds. The Bertz CT molecular complexity index is 387. The summed E-state index contributed by atoms with van der Waals surface area (Å²) in [4.78, 5) is 10.1. The summed E-state index contributed by atoms with van der Waals surface area (Å²) in [5, 5.41) is 13.8. The molecule has 1 N–H and O–H groups in total. The fourth-order valence-electron chi connectivity index (χ4n) is 1.29. The van der Waals surface area contributed by atoms with E-state index in [1.54, 1.807) is 17.8 Å². The maximum absolute atomic E-state index is 10.6. The molecule has 4 nitrogen and oxygen atoms in total. The summed E-state index contributed by atoms with van der Waals surface area (Å²) in [5.74, 6) is 0.990. The van der Waals surface area contributed by atoms with Crippen LogP contribution in [0.3, 0.4) is 0 Å². The summed E-state index contributed by atoms with van der Waals surface area (Å²) in [6, 6.07) is 5.05. The van der Waals surface area contributed by atoms with Crippen LogP contribution in [0.1, 0.15) is 6.92 Å². The smallest absolute Gasteiger partial charge is 0.270 e. The lowest BCUT2D eigenvalue weighted by atomic mass is 10.2. The van der Waals surface area contributed by atoms with Crippen LogP contribution in [0.4, 0.5) is 11.4 Å². The maximum atomic E-state index is 10.6. The molecule has 0 aliphatic heterocycles. The molecule has 1 aromatic carbocycles. The number of halogens is 1. The van der Waals surface area contributed by atoms with Gasteiger partial charge in [-0.25, -0.2) is 0 Å². The summed E-state index contributed by atoms with van der Waals surface area (Å²) in [7, 11) is 0. The van der Waals surface area contributed by atoms with Crippen LogP contribution in [0.2, 0.25) is 0 Å². The van der Waals surface area contributed by atoms with Crippen LogP contribution in [-0.2, 0) is 0 Å². The van der Waals surface area contributed by atoms with Gasteiger partial charge in [0, 0.05) is 34.1 Å². The van der Waals surface area contributed by atoms with Gasteiger partial charge < -0.3 is 5.32 Å². The lowest BCUT2D eigenvalue weighted by Gasteiger charge is -2.14. The summed E-state index contributed by atoms with van der Waals surface area (Å²) in [6.07, 6.45) is 2.04. The Balaban J connectivity index is 2.79. The van der Waals surface area contributed by atoms with Crippen LogP contribution in [0.5, 0.6) is 0 Å². The number of hydrogen-bond donors (Lipinski definition) is 1. The molecule has 0 radical (unpaired) electrons. The van der Waals surface area contributed by atoms with Gasteiger partial charge in [-0.05, 0) is 35.2 Å². The van der Waals surface area contributed by atoms with Crippen molar-refractivity contribution in [1.82, 2.24) is 0 Å². The van der Waals surface area contributed by atoms with Crippen molar-refractivity contribution in [3.05, 3.63) is 32.8 Å². The van der Waals surface area contributed by atoms with Gasteiger partial charge in [0.2, 0.25) is 0 Å². The molecule has 1 aromatic rings. The van der Waals surface area contributed by atoms with Crippen molar-refractivity contribution in [1.29, 1.82) is 0 Å². The number of nitro groups is 1. The Kier molecular flexibility index (Phi) is 5.08. The molecule has 16 heavy (non-hydrogen) atoms.